The maximum Gasteiger partial charge on any atom is 0.241 e. The fraction of sp³-hybridized carbons (Fsp3) is 0.438. The molecule has 1 atom stereocenters. The number of likely N-dealkylation sites (tertiary alicyclic amines) is 1. The molecular formula is C16H19N5OS. The Balaban J connectivity index is 1.43. The average molecular weight is 329 g/mol. The molecule has 0 spiro atoms. The quantitative estimate of drug-likeness (QED) is 0.720. The highest BCUT2D eigenvalue weighted by atomic mass is 32.1. The lowest BCUT2D eigenvalue weighted by Gasteiger charge is -2.22. The van der Waals surface area contributed by atoms with E-state index in [1.54, 1.807) is 11.3 Å². The van der Waals surface area contributed by atoms with Crippen LogP contribution in [0.1, 0.15) is 24.3 Å². The third kappa shape index (κ3) is 3.20. The van der Waals surface area contributed by atoms with Crippen LogP contribution < -0.4 is 0 Å². The smallest absolute Gasteiger partial charge is 0.241 e. The molecule has 0 bridgehead atoms. The number of nitrogens with zero attached hydrogens (tertiary/aromatic N) is 5. The van der Waals surface area contributed by atoms with Gasteiger partial charge in [0.05, 0.1) is 24.2 Å². The summed E-state index contributed by atoms with van der Waals surface area (Å²) in [5.74, 6) is 1.38. The largest absolute Gasteiger partial charge is 0.338 e. The van der Waals surface area contributed by atoms with Crippen molar-refractivity contribution in [3.63, 3.8) is 0 Å². The normalized spacial score (nSPS) is 18.7. The zero-order chi connectivity index (χ0) is 15.6. The Labute approximate surface area is 138 Å². The molecule has 0 N–H and O–H groups in total. The van der Waals surface area contributed by atoms with Crippen molar-refractivity contribution >= 4 is 11.3 Å². The number of rotatable bonds is 5. The lowest BCUT2D eigenvalue weighted by molar-refractivity contribution is 0.192. The molecule has 0 radical (unpaired) electrons. The summed E-state index contributed by atoms with van der Waals surface area (Å²) in [5, 5.41) is 10.5. The molecule has 3 aromatic heterocycles. The Hall–Kier alpha value is -1.99. The number of aryl methyl sites for hydroxylation is 1. The van der Waals surface area contributed by atoms with E-state index in [9.17, 15) is 0 Å². The first kappa shape index (κ1) is 14.6. The van der Waals surface area contributed by atoms with Crippen LogP contribution in [-0.4, -0.2) is 37.4 Å². The fourth-order valence-corrected chi connectivity index (χ4v) is 3.74. The zero-order valence-corrected chi connectivity index (χ0v) is 13.9. The van der Waals surface area contributed by atoms with Crippen molar-refractivity contribution in [1.82, 2.24) is 24.8 Å². The summed E-state index contributed by atoms with van der Waals surface area (Å²) in [5.41, 5.74) is 1.20. The minimum atomic E-state index is 0.478. The molecule has 4 rings (SSSR count). The summed E-state index contributed by atoms with van der Waals surface area (Å²) >= 11 is 1.63. The highest BCUT2D eigenvalue weighted by molar-refractivity contribution is 7.13. The Morgan fingerprint density at radius 3 is 3.17 bits per heavy atom. The van der Waals surface area contributed by atoms with Gasteiger partial charge in [0.25, 0.3) is 0 Å². The molecule has 4 heterocycles. The van der Waals surface area contributed by atoms with E-state index in [1.807, 2.05) is 28.4 Å². The van der Waals surface area contributed by atoms with Gasteiger partial charge >= 0.3 is 0 Å². The predicted molar refractivity (Wildman–Crippen MR) is 88.0 cm³/mol. The summed E-state index contributed by atoms with van der Waals surface area (Å²) in [6.45, 7) is 4.77. The standard InChI is InChI=1S/C16H19N5OS/c1-12-8-17-21(9-12)10-13-4-2-6-20(13)11-15-18-16(19-22-15)14-5-3-7-23-14/h3,5,7-9,13H,2,4,6,10-11H2,1H3/t13-/m1/s1. The van der Waals surface area contributed by atoms with E-state index in [0.717, 1.165) is 18.0 Å². The summed E-state index contributed by atoms with van der Waals surface area (Å²) in [7, 11) is 0. The van der Waals surface area contributed by atoms with Gasteiger partial charge in [0.15, 0.2) is 0 Å². The van der Waals surface area contributed by atoms with Gasteiger partial charge in [-0.3, -0.25) is 9.58 Å². The molecule has 7 heteroatoms. The summed E-state index contributed by atoms with van der Waals surface area (Å²) in [6.07, 6.45) is 6.39. The van der Waals surface area contributed by atoms with Crippen molar-refractivity contribution in [3.8, 4) is 10.7 Å². The first-order valence-corrected chi connectivity index (χ1v) is 8.75. The number of hydrogen-bond donors (Lipinski definition) is 0. The van der Waals surface area contributed by atoms with Crippen molar-refractivity contribution in [2.45, 2.75) is 38.9 Å². The topological polar surface area (TPSA) is 60.0 Å². The second-order valence-corrected chi connectivity index (χ2v) is 6.94. The SMILES string of the molecule is Cc1cnn(C[C@H]2CCCN2Cc2nc(-c3cccs3)no2)c1. The maximum absolute atomic E-state index is 5.43. The van der Waals surface area contributed by atoms with E-state index in [1.165, 1.54) is 18.4 Å². The second kappa shape index (κ2) is 6.25. The molecule has 1 aliphatic rings. The van der Waals surface area contributed by atoms with E-state index in [2.05, 4.69) is 33.3 Å². The zero-order valence-electron chi connectivity index (χ0n) is 13.1. The van der Waals surface area contributed by atoms with Crippen LogP contribution in [0.4, 0.5) is 0 Å². The highest BCUT2D eigenvalue weighted by Gasteiger charge is 2.27. The molecule has 1 aliphatic heterocycles. The molecule has 3 aromatic rings. The Kier molecular flexibility index (Phi) is 3.97. The molecule has 120 valence electrons. The van der Waals surface area contributed by atoms with E-state index in [0.29, 0.717) is 24.3 Å². The lowest BCUT2D eigenvalue weighted by Crippen LogP contribution is -2.32. The van der Waals surface area contributed by atoms with Gasteiger partial charge < -0.3 is 4.52 Å². The van der Waals surface area contributed by atoms with E-state index >= 15 is 0 Å². The highest BCUT2D eigenvalue weighted by Crippen LogP contribution is 2.24. The minimum absolute atomic E-state index is 0.478. The summed E-state index contributed by atoms with van der Waals surface area (Å²) in [6, 6.07) is 4.49. The first-order valence-electron chi connectivity index (χ1n) is 7.87. The van der Waals surface area contributed by atoms with Crippen molar-refractivity contribution in [3.05, 3.63) is 41.4 Å². The number of aromatic nitrogens is 4. The molecule has 0 amide bonds. The monoisotopic (exact) mass is 329 g/mol. The Bertz CT molecular complexity index is 763. The Morgan fingerprint density at radius 1 is 1.43 bits per heavy atom. The van der Waals surface area contributed by atoms with Gasteiger partial charge in [-0.2, -0.15) is 10.1 Å². The number of hydrogen-bond acceptors (Lipinski definition) is 6. The van der Waals surface area contributed by atoms with Gasteiger partial charge in [0, 0.05) is 12.2 Å². The molecule has 0 aliphatic carbocycles. The number of thiophene rings is 1. The molecule has 6 nitrogen and oxygen atoms in total. The van der Waals surface area contributed by atoms with Gasteiger partial charge in [-0.15, -0.1) is 11.3 Å². The van der Waals surface area contributed by atoms with Crippen LogP contribution in [0.3, 0.4) is 0 Å². The second-order valence-electron chi connectivity index (χ2n) is 6.00. The summed E-state index contributed by atoms with van der Waals surface area (Å²) < 4.78 is 7.47. The van der Waals surface area contributed by atoms with Crippen LogP contribution in [0, 0.1) is 6.92 Å². The van der Waals surface area contributed by atoms with E-state index in [-0.39, 0.29) is 0 Å². The third-order valence-electron chi connectivity index (χ3n) is 4.21. The van der Waals surface area contributed by atoms with Gasteiger partial charge in [0.2, 0.25) is 11.7 Å². The molecule has 0 unspecified atom stereocenters. The van der Waals surface area contributed by atoms with Gasteiger partial charge in [-0.25, -0.2) is 0 Å². The van der Waals surface area contributed by atoms with Crippen LogP contribution in [0.5, 0.6) is 0 Å². The molecule has 23 heavy (non-hydrogen) atoms. The van der Waals surface area contributed by atoms with Crippen LogP contribution >= 0.6 is 11.3 Å². The van der Waals surface area contributed by atoms with Crippen molar-refractivity contribution < 1.29 is 4.52 Å². The molecule has 1 fully saturated rings. The van der Waals surface area contributed by atoms with Crippen LogP contribution in [0.25, 0.3) is 10.7 Å². The third-order valence-corrected chi connectivity index (χ3v) is 5.07. The van der Waals surface area contributed by atoms with E-state index in [4.69, 9.17) is 4.52 Å². The van der Waals surface area contributed by atoms with Crippen molar-refractivity contribution in [2.24, 2.45) is 0 Å². The fourth-order valence-electron chi connectivity index (χ4n) is 3.09. The van der Waals surface area contributed by atoms with Gasteiger partial charge in [0.1, 0.15) is 0 Å². The maximum atomic E-state index is 5.43. The van der Waals surface area contributed by atoms with Crippen molar-refractivity contribution in [1.29, 1.82) is 0 Å². The molecule has 1 saturated heterocycles. The molecule has 0 aromatic carbocycles. The van der Waals surface area contributed by atoms with Crippen LogP contribution in [-0.2, 0) is 13.1 Å². The van der Waals surface area contributed by atoms with Gasteiger partial charge in [-0.05, 0) is 43.3 Å². The Morgan fingerprint density at radius 2 is 2.39 bits per heavy atom. The van der Waals surface area contributed by atoms with Crippen LogP contribution in [0.15, 0.2) is 34.4 Å². The predicted octanol–water partition coefficient (Wildman–Crippen LogP) is 2.97. The summed E-state index contributed by atoms with van der Waals surface area (Å²) in [4.78, 5) is 8.00. The lowest BCUT2D eigenvalue weighted by atomic mass is 10.2. The van der Waals surface area contributed by atoms with Crippen LogP contribution in [0.2, 0.25) is 0 Å². The van der Waals surface area contributed by atoms with Gasteiger partial charge in [-0.1, -0.05) is 11.2 Å². The molecular weight excluding hydrogens is 310 g/mol. The average Bonchev–Trinajstić information content (AvgIpc) is 3.29. The minimum Gasteiger partial charge on any atom is -0.338 e. The first-order chi connectivity index (χ1) is 11.3. The van der Waals surface area contributed by atoms with Crippen molar-refractivity contribution in [2.75, 3.05) is 6.54 Å². The van der Waals surface area contributed by atoms with E-state index < -0.39 is 0 Å². The molecule has 0 saturated carbocycles.